The number of hydrogen-bond acceptors (Lipinski definition) is 3. The zero-order valence-electron chi connectivity index (χ0n) is 10.8. The van der Waals surface area contributed by atoms with Crippen LogP contribution < -0.4 is 10.1 Å². The second-order valence-electron chi connectivity index (χ2n) is 4.03. The minimum absolute atomic E-state index is 0.0510. The third kappa shape index (κ3) is 3.71. The second kappa shape index (κ2) is 6.73. The molecule has 4 nitrogen and oxygen atoms in total. The Labute approximate surface area is 125 Å². The van der Waals surface area contributed by atoms with E-state index in [1.165, 1.54) is 18.2 Å². The summed E-state index contributed by atoms with van der Waals surface area (Å²) in [6.45, 7) is -0.0510. The maximum Gasteiger partial charge on any atom is 0.257 e. The highest BCUT2D eigenvalue weighted by atomic mass is 35.5. The molecule has 0 heterocycles. The number of rotatable bonds is 4. The number of benzene rings is 2. The SMILES string of the molecule is N#CCOc1ccc(NC(=O)c2cccc(F)c2Cl)cc1. The number of halogens is 2. The molecule has 0 radical (unpaired) electrons. The zero-order valence-corrected chi connectivity index (χ0v) is 11.5. The molecule has 106 valence electrons. The second-order valence-corrected chi connectivity index (χ2v) is 4.40. The van der Waals surface area contributed by atoms with E-state index in [-0.39, 0.29) is 17.2 Å². The van der Waals surface area contributed by atoms with Crippen LogP contribution in [0.4, 0.5) is 10.1 Å². The van der Waals surface area contributed by atoms with E-state index in [2.05, 4.69) is 5.32 Å². The Balaban J connectivity index is 2.09. The van der Waals surface area contributed by atoms with Crippen molar-refractivity contribution in [3.8, 4) is 11.8 Å². The van der Waals surface area contributed by atoms with Gasteiger partial charge in [0, 0.05) is 5.69 Å². The van der Waals surface area contributed by atoms with Crippen molar-refractivity contribution in [2.24, 2.45) is 0 Å². The van der Waals surface area contributed by atoms with Gasteiger partial charge in [-0.05, 0) is 36.4 Å². The van der Waals surface area contributed by atoms with E-state index in [9.17, 15) is 9.18 Å². The number of amides is 1. The summed E-state index contributed by atoms with van der Waals surface area (Å²) in [5.74, 6) is -0.645. The summed E-state index contributed by atoms with van der Waals surface area (Å²) in [6, 6.07) is 12.3. The van der Waals surface area contributed by atoms with Crippen LogP contribution in [0.15, 0.2) is 42.5 Å². The fourth-order valence-corrected chi connectivity index (χ4v) is 1.84. The van der Waals surface area contributed by atoms with Crippen LogP contribution in [0.5, 0.6) is 5.75 Å². The molecule has 0 saturated heterocycles. The molecule has 0 fully saturated rings. The van der Waals surface area contributed by atoms with E-state index >= 15 is 0 Å². The average Bonchev–Trinajstić information content (AvgIpc) is 2.49. The Kier molecular flexibility index (Phi) is 4.75. The topological polar surface area (TPSA) is 62.1 Å². The molecule has 6 heteroatoms. The minimum atomic E-state index is -0.649. The van der Waals surface area contributed by atoms with Gasteiger partial charge in [-0.15, -0.1) is 0 Å². The van der Waals surface area contributed by atoms with Gasteiger partial charge in [-0.3, -0.25) is 4.79 Å². The van der Waals surface area contributed by atoms with Gasteiger partial charge in [0.25, 0.3) is 5.91 Å². The maximum absolute atomic E-state index is 13.3. The van der Waals surface area contributed by atoms with Crippen LogP contribution in [-0.4, -0.2) is 12.5 Å². The largest absolute Gasteiger partial charge is 0.479 e. The van der Waals surface area contributed by atoms with Gasteiger partial charge in [0.15, 0.2) is 6.61 Å². The maximum atomic E-state index is 13.3. The van der Waals surface area contributed by atoms with E-state index in [1.807, 2.05) is 6.07 Å². The molecule has 2 aromatic carbocycles. The summed E-state index contributed by atoms with van der Waals surface area (Å²) in [5.41, 5.74) is 0.561. The molecule has 0 atom stereocenters. The molecule has 2 aromatic rings. The molecule has 2 rings (SSSR count). The van der Waals surface area contributed by atoms with Gasteiger partial charge >= 0.3 is 0 Å². The lowest BCUT2D eigenvalue weighted by Crippen LogP contribution is -2.12. The number of nitrogens with one attached hydrogen (secondary N) is 1. The number of carbonyl (C=O) groups excluding carboxylic acids is 1. The summed E-state index contributed by atoms with van der Waals surface area (Å²) in [4.78, 5) is 12.0. The molecule has 21 heavy (non-hydrogen) atoms. The lowest BCUT2D eigenvalue weighted by molar-refractivity contribution is 0.102. The molecule has 0 unspecified atom stereocenters. The Hall–Kier alpha value is -2.58. The summed E-state index contributed by atoms with van der Waals surface area (Å²) >= 11 is 5.75. The highest BCUT2D eigenvalue weighted by Crippen LogP contribution is 2.22. The monoisotopic (exact) mass is 304 g/mol. The summed E-state index contributed by atoms with van der Waals surface area (Å²) in [5, 5.41) is 10.8. The van der Waals surface area contributed by atoms with E-state index < -0.39 is 11.7 Å². The van der Waals surface area contributed by atoms with Gasteiger partial charge in [-0.1, -0.05) is 17.7 Å². The quantitative estimate of drug-likeness (QED) is 0.938. The Morgan fingerprint density at radius 3 is 2.67 bits per heavy atom. The number of nitriles is 1. The van der Waals surface area contributed by atoms with Crippen LogP contribution in [0, 0.1) is 17.1 Å². The standard InChI is InChI=1S/C15H10ClFN2O2/c16-14-12(2-1-3-13(14)17)15(20)19-10-4-6-11(7-5-10)21-9-8-18/h1-7H,9H2,(H,19,20). The molecular weight excluding hydrogens is 295 g/mol. The van der Waals surface area contributed by atoms with Gasteiger partial charge in [0.05, 0.1) is 10.6 Å². The predicted molar refractivity (Wildman–Crippen MR) is 76.9 cm³/mol. The molecule has 0 aromatic heterocycles. The van der Waals surface area contributed by atoms with Gasteiger partial charge in [0.1, 0.15) is 17.6 Å². The molecular formula is C15H10ClFN2O2. The van der Waals surface area contributed by atoms with Crippen molar-refractivity contribution < 1.29 is 13.9 Å². The van der Waals surface area contributed by atoms with Crippen LogP contribution >= 0.6 is 11.6 Å². The van der Waals surface area contributed by atoms with Crippen molar-refractivity contribution >= 4 is 23.2 Å². The fraction of sp³-hybridized carbons (Fsp3) is 0.0667. The highest BCUT2D eigenvalue weighted by molar-refractivity contribution is 6.34. The first-order chi connectivity index (χ1) is 10.1. The highest BCUT2D eigenvalue weighted by Gasteiger charge is 2.13. The number of hydrogen-bond donors (Lipinski definition) is 1. The fourth-order valence-electron chi connectivity index (χ4n) is 1.63. The van der Waals surface area contributed by atoms with Crippen LogP contribution in [0.1, 0.15) is 10.4 Å². The molecule has 0 aliphatic carbocycles. The Morgan fingerprint density at radius 2 is 2.00 bits per heavy atom. The van der Waals surface area contributed by atoms with Gasteiger partial charge in [0.2, 0.25) is 0 Å². The third-order valence-electron chi connectivity index (χ3n) is 2.61. The molecule has 0 spiro atoms. The first kappa shape index (κ1) is 14.8. The Morgan fingerprint density at radius 1 is 1.29 bits per heavy atom. The van der Waals surface area contributed by atoms with Crippen molar-refractivity contribution in [3.63, 3.8) is 0 Å². The van der Waals surface area contributed by atoms with Gasteiger partial charge in [-0.25, -0.2) is 4.39 Å². The number of ether oxygens (including phenoxy) is 1. The molecule has 0 aliphatic heterocycles. The van der Waals surface area contributed by atoms with E-state index in [0.29, 0.717) is 11.4 Å². The lowest BCUT2D eigenvalue weighted by Gasteiger charge is -2.08. The molecule has 0 saturated carbocycles. The van der Waals surface area contributed by atoms with E-state index in [1.54, 1.807) is 24.3 Å². The number of nitrogens with zero attached hydrogens (tertiary/aromatic N) is 1. The van der Waals surface area contributed by atoms with Crippen molar-refractivity contribution in [3.05, 3.63) is 58.9 Å². The van der Waals surface area contributed by atoms with Gasteiger partial charge in [-0.2, -0.15) is 5.26 Å². The van der Waals surface area contributed by atoms with Gasteiger partial charge < -0.3 is 10.1 Å². The first-order valence-electron chi connectivity index (χ1n) is 5.97. The number of carbonyl (C=O) groups is 1. The zero-order chi connectivity index (χ0) is 15.2. The predicted octanol–water partition coefficient (Wildman–Crippen LogP) is 3.63. The molecule has 1 amide bonds. The normalized spacial score (nSPS) is 9.76. The van der Waals surface area contributed by atoms with Crippen LogP contribution in [-0.2, 0) is 0 Å². The lowest BCUT2D eigenvalue weighted by atomic mass is 10.2. The summed E-state index contributed by atoms with van der Waals surface area (Å²) < 4.78 is 18.4. The average molecular weight is 305 g/mol. The third-order valence-corrected chi connectivity index (χ3v) is 3.00. The number of anilines is 1. The van der Waals surface area contributed by atoms with Crippen LogP contribution in [0.25, 0.3) is 0 Å². The molecule has 0 aliphatic rings. The Bertz CT molecular complexity index is 696. The van der Waals surface area contributed by atoms with Crippen LogP contribution in [0.2, 0.25) is 5.02 Å². The molecule has 0 bridgehead atoms. The van der Waals surface area contributed by atoms with Crippen molar-refractivity contribution in [1.82, 2.24) is 0 Å². The minimum Gasteiger partial charge on any atom is -0.479 e. The first-order valence-corrected chi connectivity index (χ1v) is 6.35. The van der Waals surface area contributed by atoms with Crippen LogP contribution in [0.3, 0.4) is 0 Å². The molecule has 1 N–H and O–H groups in total. The van der Waals surface area contributed by atoms with E-state index in [4.69, 9.17) is 21.6 Å². The van der Waals surface area contributed by atoms with E-state index in [0.717, 1.165) is 0 Å². The van der Waals surface area contributed by atoms with Crippen molar-refractivity contribution in [1.29, 1.82) is 5.26 Å². The smallest absolute Gasteiger partial charge is 0.257 e. The van der Waals surface area contributed by atoms with Crippen molar-refractivity contribution in [2.75, 3.05) is 11.9 Å². The van der Waals surface area contributed by atoms with Crippen molar-refractivity contribution in [2.45, 2.75) is 0 Å². The summed E-state index contributed by atoms with van der Waals surface area (Å²) in [6.07, 6.45) is 0. The summed E-state index contributed by atoms with van der Waals surface area (Å²) in [7, 11) is 0.